The molecule has 2 aliphatic rings. The predicted octanol–water partition coefficient (Wildman–Crippen LogP) is 4.68. The van der Waals surface area contributed by atoms with Gasteiger partial charge in [0.25, 0.3) is 0 Å². The van der Waals surface area contributed by atoms with Gasteiger partial charge in [0.05, 0.1) is 6.21 Å². The zero-order chi connectivity index (χ0) is 20.6. The van der Waals surface area contributed by atoms with E-state index >= 15 is 0 Å². The molecule has 0 saturated carbocycles. The quantitative estimate of drug-likeness (QED) is 0.352. The molecule has 0 radical (unpaired) electrons. The molecule has 0 spiro atoms. The lowest BCUT2D eigenvalue weighted by Crippen LogP contribution is -2.30. The summed E-state index contributed by atoms with van der Waals surface area (Å²) in [6, 6.07) is 8.22. The van der Waals surface area contributed by atoms with Crippen LogP contribution in [0.1, 0.15) is 56.9 Å². The normalized spacial score (nSPS) is 18.3. The summed E-state index contributed by atoms with van der Waals surface area (Å²) < 4.78 is 1.18. The van der Waals surface area contributed by atoms with Crippen molar-refractivity contribution in [2.24, 2.45) is 5.10 Å². The highest BCUT2D eigenvalue weighted by molar-refractivity contribution is 14.1. The van der Waals surface area contributed by atoms with Gasteiger partial charge in [-0.2, -0.15) is 20.1 Å². The van der Waals surface area contributed by atoms with Gasteiger partial charge in [0.15, 0.2) is 0 Å². The van der Waals surface area contributed by atoms with Gasteiger partial charge in [0.2, 0.25) is 17.8 Å². The highest BCUT2D eigenvalue weighted by Crippen LogP contribution is 2.22. The van der Waals surface area contributed by atoms with Crippen molar-refractivity contribution in [1.82, 2.24) is 15.0 Å². The van der Waals surface area contributed by atoms with Crippen molar-refractivity contribution in [2.75, 3.05) is 41.4 Å². The number of nitrogens with zero attached hydrogens (tertiary/aromatic N) is 6. The first kappa shape index (κ1) is 21.3. The van der Waals surface area contributed by atoms with E-state index in [0.29, 0.717) is 5.95 Å². The minimum absolute atomic E-state index is 0.519. The summed E-state index contributed by atoms with van der Waals surface area (Å²) >= 11 is 2.31. The topological polar surface area (TPSA) is 69.5 Å². The van der Waals surface area contributed by atoms with Gasteiger partial charge >= 0.3 is 0 Å². The van der Waals surface area contributed by atoms with Crippen LogP contribution in [0.2, 0.25) is 0 Å². The van der Waals surface area contributed by atoms with Crippen molar-refractivity contribution in [3.8, 4) is 0 Å². The van der Waals surface area contributed by atoms with Crippen LogP contribution in [0.4, 0.5) is 17.8 Å². The molecule has 3 heterocycles. The number of halogens is 1. The highest BCUT2D eigenvalue weighted by Gasteiger charge is 2.19. The van der Waals surface area contributed by atoms with Gasteiger partial charge in [-0.25, -0.2) is 5.43 Å². The second-order valence-electron chi connectivity index (χ2n) is 7.99. The van der Waals surface area contributed by atoms with Gasteiger partial charge in [-0.05, 0) is 66.0 Å². The molecule has 0 unspecified atom stereocenters. The van der Waals surface area contributed by atoms with E-state index in [4.69, 9.17) is 15.0 Å². The number of hydrogen-bond donors (Lipinski definition) is 1. The molecule has 2 fully saturated rings. The Balaban J connectivity index is 1.57. The van der Waals surface area contributed by atoms with E-state index in [9.17, 15) is 0 Å². The molecule has 2 saturated heterocycles. The van der Waals surface area contributed by atoms with Gasteiger partial charge < -0.3 is 9.80 Å². The van der Waals surface area contributed by atoms with Gasteiger partial charge in [-0.1, -0.05) is 37.8 Å². The zero-order valence-electron chi connectivity index (χ0n) is 17.4. The predicted molar refractivity (Wildman–Crippen MR) is 132 cm³/mol. The van der Waals surface area contributed by atoms with Crippen LogP contribution in [-0.2, 0) is 0 Å². The summed E-state index contributed by atoms with van der Waals surface area (Å²) in [6.45, 7) is 4.03. The van der Waals surface area contributed by atoms with Crippen LogP contribution in [0.25, 0.3) is 0 Å². The molecule has 1 aromatic carbocycles. The molecule has 4 rings (SSSR count). The van der Waals surface area contributed by atoms with E-state index in [0.717, 1.165) is 43.6 Å². The molecule has 2 aliphatic heterocycles. The molecular weight excluding hydrogens is 489 g/mol. The molecule has 7 nitrogen and oxygen atoms in total. The van der Waals surface area contributed by atoms with Crippen LogP contribution in [0.5, 0.6) is 0 Å². The number of nitrogens with one attached hydrogen (secondary N) is 1. The van der Waals surface area contributed by atoms with Crippen LogP contribution in [0.15, 0.2) is 29.4 Å². The lowest BCUT2D eigenvalue weighted by atomic mass is 10.2. The van der Waals surface area contributed by atoms with Gasteiger partial charge in [0, 0.05) is 29.7 Å². The first-order valence-corrected chi connectivity index (χ1v) is 12.2. The molecule has 1 N–H and O–H groups in total. The Kier molecular flexibility index (Phi) is 7.71. The second kappa shape index (κ2) is 10.9. The SMILES string of the molecule is Ic1cccc(/C=N\Nc2nc(N3CCCCCC3)nc(N3CCCCCC3)n2)c1. The minimum Gasteiger partial charge on any atom is -0.341 e. The maximum absolute atomic E-state index is 4.88. The smallest absolute Gasteiger partial charge is 0.250 e. The molecular formula is C22H30IN7. The fourth-order valence-electron chi connectivity index (χ4n) is 3.98. The first-order chi connectivity index (χ1) is 14.8. The fourth-order valence-corrected chi connectivity index (χ4v) is 4.55. The lowest BCUT2D eigenvalue weighted by molar-refractivity contribution is 0.726. The van der Waals surface area contributed by atoms with E-state index in [1.54, 1.807) is 0 Å². The minimum atomic E-state index is 0.519. The van der Waals surface area contributed by atoms with Gasteiger partial charge in [-0.15, -0.1) is 0 Å². The maximum Gasteiger partial charge on any atom is 0.250 e. The highest BCUT2D eigenvalue weighted by atomic mass is 127. The average Bonchev–Trinajstić information content (AvgIpc) is 3.19. The van der Waals surface area contributed by atoms with E-state index in [-0.39, 0.29) is 0 Å². The summed E-state index contributed by atoms with van der Waals surface area (Å²) in [6.07, 6.45) is 11.7. The second-order valence-corrected chi connectivity index (χ2v) is 9.23. The number of hydrazone groups is 1. The van der Waals surface area contributed by atoms with Crippen molar-refractivity contribution >= 4 is 46.7 Å². The van der Waals surface area contributed by atoms with E-state index in [1.165, 1.54) is 54.9 Å². The number of benzene rings is 1. The third-order valence-electron chi connectivity index (χ3n) is 5.62. The summed E-state index contributed by atoms with van der Waals surface area (Å²) in [5.41, 5.74) is 4.10. The van der Waals surface area contributed by atoms with Crippen molar-refractivity contribution in [3.63, 3.8) is 0 Å². The fraction of sp³-hybridized carbons (Fsp3) is 0.545. The standard InChI is InChI=1S/C22H30IN7/c23-19-11-9-10-18(16-19)17-24-28-20-25-21(29-12-5-1-2-6-13-29)27-22(26-20)30-14-7-3-4-8-15-30/h9-11,16-17H,1-8,12-15H2,(H,25,26,27,28)/b24-17-. The summed E-state index contributed by atoms with van der Waals surface area (Å²) in [5.74, 6) is 2.07. The Labute approximate surface area is 192 Å². The Hall–Kier alpha value is -1.97. The Morgan fingerprint density at radius 3 is 1.90 bits per heavy atom. The van der Waals surface area contributed by atoms with Crippen molar-refractivity contribution in [1.29, 1.82) is 0 Å². The van der Waals surface area contributed by atoms with Crippen LogP contribution < -0.4 is 15.2 Å². The third-order valence-corrected chi connectivity index (χ3v) is 6.29. The number of rotatable bonds is 5. The monoisotopic (exact) mass is 519 g/mol. The van der Waals surface area contributed by atoms with E-state index < -0.39 is 0 Å². The Bertz CT molecular complexity index is 803. The maximum atomic E-state index is 4.88. The van der Waals surface area contributed by atoms with Crippen LogP contribution in [0.3, 0.4) is 0 Å². The van der Waals surface area contributed by atoms with Crippen molar-refractivity contribution in [3.05, 3.63) is 33.4 Å². The number of hydrogen-bond acceptors (Lipinski definition) is 7. The lowest BCUT2D eigenvalue weighted by Gasteiger charge is -2.24. The van der Waals surface area contributed by atoms with E-state index in [1.807, 2.05) is 18.3 Å². The number of aromatic nitrogens is 3. The molecule has 8 heteroatoms. The van der Waals surface area contributed by atoms with Crippen LogP contribution in [0, 0.1) is 3.57 Å². The molecule has 0 aliphatic carbocycles. The molecule has 30 heavy (non-hydrogen) atoms. The first-order valence-electron chi connectivity index (χ1n) is 11.1. The molecule has 2 aromatic rings. The third kappa shape index (κ3) is 6.02. The molecule has 1 aromatic heterocycles. The Morgan fingerprint density at radius 1 is 0.800 bits per heavy atom. The zero-order valence-corrected chi connectivity index (χ0v) is 19.6. The van der Waals surface area contributed by atoms with E-state index in [2.05, 4.69) is 55.1 Å². The van der Waals surface area contributed by atoms with Gasteiger partial charge in [0.1, 0.15) is 0 Å². The van der Waals surface area contributed by atoms with Crippen LogP contribution >= 0.6 is 22.6 Å². The summed E-state index contributed by atoms with van der Waals surface area (Å²) in [7, 11) is 0. The van der Waals surface area contributed by atoms with Crippen molar-refractivity contribution in [2.45, 2.75) is 51.4 Å². The summed E-state index contributed by atoms with van der Waals surface area (Å²) in [5, 5.41) is 4.39. The average molecular weight is 519 g/mol. The largest absolute Gasteiger partial charge is 0.341 e. The van der Waals surface area contributed by atoms with Crippen molar-refractivity contribution < 1.29 is 0 Å². The Morgan fingerprint density at radius 2 is 1.37 bits per heavy atom. The number of anilines is 3. The molecule has 0 bridgehead atoms. The van der Waals surface area contributed by atoms with Gasteiger partial charge in [-0.3, -0.25) is 0 Å². The molecule has 160 valence electrons. The summed E-state index contributed by atoms with van der Waals surface area (Å²) in [4.78, 5) is 18.9. The molecule has 0 atom stereocenters. The van der Waals surface area contributed by atoms with Crippen LogP contribution in [-0.4, -0.2) is 47.3 Å². The molecule has 0 amide bonds.